The lowest BCUT2D eigenvalue weighted by atomic mass is 9.96. The van der Waals surface area contributed by atoms with Gasteiger partial charge in [0.2, 0.25) is 5.91 Å². The highest BCUT2D eigenvalue weighted by atomic mass is 35.5. The Hall–Kier alpha value is -3.39. The quantitative estimate of drug-likeness (QED) is 0.646. The first-order valence-electron chi connectivity index (χ1n) is 10.2. The third kappa shape index (κ3) is 5.85. The van der Waals surface area contributed by atoms with E-state index in [0.717, 1.165) is 0 Å². The summed E-state index contributed by atoms with van der Waals surface area (Å²) in [4.78, 5) is 50.2. The molecule has 2 aromatic carbocycles. The smallest absolute Gasteiger partial charge is 0.309 e. The molecule has 2 aromatic rings. The number of hydrogen-bond donors (Lipinski definition) is 2. The van der Waals surface area contributed by atoms with Crippen molar-refractivity contribution in [2.24, 2.45) is 11.7 Å². The zero-order chi connectivity index (χ0) is 23.3. The van der Waals surface area contributed by atoms with E-state index in [9.17, 15) is 19.2 Å². The van der Waals surface area contributed by atoms with Crippen LogP contribution in [0.5, 0.6) is 0 Å². The van der Waals surface area contributed by atoms with E-state index >= 15 is 0 Å². The lowest BCUT2D eigenvalue weighted by Crippen LogP contribution is -2.41. The third-order valence-electron chi connectivity index (χ3n) is 5.31. The predicted octanol–water partition coefficient (Wildman–Crippen LogP) is 2.86. The molecule has 3 N–H and O–H groups in total. The molecule has 1 heterocycles. The Morgan fingerprint density at radius 2 is 1.56 bits per heavy atom. The van der Waals surface area contributed by atoms with E-state index in [2.05, 4.69) is 5.32 Å². The normalized spacial score (nSPS) is 15.0. The van der Waals surface area contributed by atoms with E-state index in [4.69, 9.17) is 22.1 Å². The monoisotopic (exact) mass is 457 g/mol. The molecule has 3 rings (SSSR count). The van der Waals surface area contributed by atoms with Crippen molar-refractivity contribution in [1.29, 1.82) is 0 Å². The molecule has 0 radical (unpaired) electrons. The largest absolute Gasteiger partial charge is 0.452 e. The van der Waals surface area contributed by atoms with Crippen LogP contribution < -0.4 is 11.1 Å². The number of amides is 3. The van der Waals surface area contributed by atoms with Gasteiger partial charge < -0.3 is 20.7 Å². The Morgan fingerprint density at radius 3 is 2.12 bits per heavy atom. The molecule has 0 aromatic heterocycles. The summed E-state index contributed by atoms with van der Waals surface area (Å²) >= 11 is 5.86. The van der Waals surface area contributed by atoms with Gasteiger partial charge in [0.05, 0.1) is 5.92 Å². The molecule has 3 amide bonds. The number of ether oxygens (including phenoxy) is 1. The number of carbonyl (C=O) groups excluding carboxylic acids is 4. The van der Waals surface area contributed by atoms with E-state index in [0.29, 0.717) is 47.8 Å². The number of nitrogens with two attached hydrogens (primary N) is 1. The van der Waals surface area contributed by atoms with Gasteiger partial charge in [0.25, 0.3) is 11.8 Å². The number of carbonyl (C=O) groups is 4. The molecule has 1 aliphatic rings. The zero-order valence-corrected chi connectivity index (χ0v) is 18.3. The van der Waals surface area contributed by atoms with Crippen molar-refractivity contribution in [3.8, 4) is 0 Å². The van der Waals surface area contributed by atoms with Gasteiger partial charge in [0.1, 0.15) is 0 Å². The Kier molecular flexibility index (Phi) is 7.48. The molecule has 0 unspecified atom stereocenters. The first-order chi connectivity index (χ1) is 15.2. The molecule has 168 valence electrons. The van der Waals surface area contributed by atoms with Crippen molar-refractivity contribution in [1.82, 2.24) is 4.90 Å². The Morgan fingerprint density at radius 1 is 1.00 bits per heavy atom. The number of likely N-dealkylation sites (tertiary alicyclic amines) is 1. The fourth-order valence-corrected chi connectivity index (χ4v) is 3.51. The van der Waals surface area contributed by atoms with Crippen molar-refractivity contribution in [3.63, 3.8) is 0 Å². The lowest BCUT2D eigenvalue weighted by Gasteiger charge is -2.31. The first kappa shape index (κ1) is 23.3. The van der Waals surface area contributed by atoms with Crippen LogP contribution in [-0.4, -0.2) is 47.8 Å². The maximum absolute atomic E-state index is 12.6. The van der Waals surface area contributed by atoms with Crippen molar-refractivity contribution in [3.05, 3.63) is 64.7 Å². The van der Waals surface area contributed by atoms with E-state index in [1.54, 1.807) is 41.3 Å². The van der Waals surface area contributed by atoms with Crippen LogP contribution in [-0.2, 0) is 14.3 Å². The van der Waals surface area contributed by atoms with Crippen molar-refractivity contribution in [2.45, 2.75) is 25.9 Å². The molecule has 0 spiro atoms. The maximum atomic E-state index is 12.6. The molecule has 1 atom stereocenters. The van der Waals surface area contributed by atoms with E-state index in [1.165, 1.54) is 19.1 Å². The molecule has 1 saturated heterocycles. The van der Waals surface area contributed by atoms with Crippen molar-refractivity contribution >= 4 is 41.0 Å². The summed E-state index contributed by atoms with van der Waals surface area (Å²) in [5, 5.41) is 3.19. The number of esters is 1. The van der Waals surface area contributed by atoms with E-state index < -0.39 is 23.9 Å². The first-order valence-corrected chi connectivity index (χ1v) is 10.6. The molecule has 8 nitrogen and oxygen atoms in total. The Balaban J connectivity index is 1.47. The Labute approximate surface area is 190 Å². The molecule has 1 aliphatic heterocycles. The number of anilines is 1. The minimum absolute atomic E-state index is 0.108. The molecular formula is C23H24ClN3O5. The second kappa shape index (κ2) is 10.3. The van der Waals surface area contributed by atoms with E-state index in [-0.39, 0.29) is 11.8 Å². The van der Waals surface area contributed by atoms with Gasteiger partial charge in [-0.1, -0.05) is 11.6 Å². The number of piperidine rings is 1. The van der Waals surface area contributed by atoms with Crippen LogP contribution in [0, 0.1) is 5.92 Å². The van der Waals surface area contributed by atoms with Crippen LogP contribution in [0.1, 0.15) is 40.5 Å². The van der Waals surface area contributed by atoms with Gasteiger partial charge >= 0.3 is 5.97 Å². The van der Waals surface area contributed by atoms with Gasteiger partial charge in [0, 0.05) is 34.9 Å². The average Bonchev–Trinajstić information content (AvgIpc) is 2.79. The highest BCUT2D eigenvalue weighted by molar-refractivity contribution is 6.30. The van der Waals surface area contributed by atoms with Crippen LogP contribution >= 0.6 is 11.6 Å². The number of primary amides is 1. The summed E-state index contributed by atoms with van der Waals surface area (Å²) in [5.74, 6) is -2.00. The van der Waals surface area contributed by atoms with Gasteiger partial charge in [-0.2, -0.15) is 0 Å². The fraction of sp³-hybridized carbons (Fsp3) is 0.304. The summed E-state index contributed by atoms with van der Waals surface area (Å²) < 4.78 is 5.34. The third-order valence-corrected chi connectivity index (χ3v) is 5.56. The van der Waals surface area contributed by atoms with Gasteiger partial charge in [0.15, 0.2) is 6.10 Å². The average molecular weight is 458 g/mol. The SMILES string of the molecule is C[C@@H](OC(=O)C1CCN(C(=O)c2ccc(Cl)cc2)CC1)C(=O)Nc1ccc(C(N)=O)cc1. The molecule has 0 aliphatic carbocycles. The van der Waals surface area contributed by atoms with E-state index in [1.807, 2.05) is 0 Å². The second-order valence-electron chi connectivity index (χ2n) is 7.58. The highest BCUT2D eigenvalue weighted by Crippen LogP contribution is 2.22. The second-order valence-corrected chi connectivity index (χ2v) is 8.02. The summed E-state index contributed by atoms with van der Waals surface area (Å²) in [6.07, 6.45) is -0.0747. The Bertz CT molecular complexity index is 999. The molecular weight excluding hydrogens is 434 g/mol. The van der Waals surface area contributed by atoms with Crippen LogP contribution in [0.3, 0.4) is 0 Å². The standard InChI is InChI=1S/C23H24ClN3O5/c1-14(21(29)26-19-8-4-15(5-9-19)20(25)28)32-23(31)17-10-12-27(13-11-17)22(30)16-2-6-18(24)7-3-16/h2-9,14,17H,10-13H2,1H3,(H2,25,28)(H,26,29)/t14-/m1/s1. The molecule has 32 heavy (non-hydrogen) atoms. The summed E-state index contributed by atoms with van der Waals surface area (Å²) in [7, 11) is 0. The summed E-state index contributed by atoms with van der Waals surface area (Å²) in [5.41, 5.74) is 6.51. The lowest BCUT2D eigenvalue weighted by molar-refractivity contribution is -0.158. The highest BCUT2D eigenvalue weighted by Gasteiger charge is 2.30. The maximum Gasteiger partial charge on any atom is 0.309 e. The number of hydrogen-bond acceptors (Lipinski definition) is 5. The molecule has 0 saturated carbocycles. The van der Waals surface area contributed by atoms with Crippen LogP contribution in [0.2, 0.25) is 5.02 Å². The van der Waals surface area contributed by atoms with Crippen LogP contribution in [0.15, 0.2) is 48.5 Å². The molecule has 1 fully saturated rings. The van der Waals surface area contributed by atoms with Gasteiger partial charge in [-0.3, -0.25) is 19.2 Å². The van der Waals surface area contributed by atoms with Crippen molar-refractivity contribution in [2.75, 3.05) is 18.4 Å². The predicted molar refractivity (Wildman–Crippen MR) is 119 cm³/mol. The molecule has 9 heteroatoms. The summed E-state index contributed by atoms with van der Waals surface area (Å²) in [6.45, 7) is 2.34. The molecule has 0 bridgehead atoms. The number of benzene rings is 2. The van der Waals surface area contributed by atoms with Crippen molar-refractivity contribution < 1.29 is 23.9 Å². The van der Waals surface area contributed by atoms with Gasteiger partial charge in [-0.05, 0) is 68.3 Å². The fourth-order valence-electron chi connectivity index (χ4n) is 3.38. The minimum Gasteiger partial charge on any atom is -0.452 e. The number of nitrogens with one attached hydrogen (secondary N) is 1. The van der Waals surface area contributed by atoms with Crippen LogP contribution in [0.4, 0.5) is 5.69 Å². The van der Waals surface area contributed by atoms with Gasteiger partial charge in [-0.25, -0.2) is 0 Å². The van der Waals surface area contributed by atoms with Gasteiger partial charge in [-0.15, -0.1) is 0 Å². The number of nitrogens with zero attached hydrogens (tertiary/aromatic N) is 1. The topological polar surface area (TPSA) is 119 Å². The zero-order valence-electron chi connectivity index (χ0n) is 17.5. The number of rotatable bonds is 6. The minimum atomic E-state index is -0.993. The summed E-state index contributed by atoms with van der Waals surface area (Å²) in [6, 6.07) is 12.7. The van der Waals surface area contributed by atoms with Crippen LogP contribution in [0.25, 0.3) is 0 Å². The number of halogens is 1.